The van der Waals surface area contributed by atoms with Crippen molar-refractivity contribution in [2.45, 2.75) is 0 Å². The summed E-state index contributed by atoms with van der Waals surface area (Å²) < 4.78 is 78.4. The second-order valence-electron chi connectivity index (χ2n) is 12.2. The normalized spacial score (nSPS) is 14.0. The molecule has 10 rings (SSSR count). The molecule has 0 radical (unpaired) electrons. The van der Waals surface area contributed by atoms with Crippen molar-refractivity contribution < 1.29 is 15.4 Å². The van der Waals surface area contributed by atoms with E-state index >= 15 is 0 Å². The van der Waals surface area contributed by atoms with Crippen LogP contribution in [-0.2, 0) is 0 Å². The van der Waals surface area contributed by atoms with E-state index in [-0.39, 0.29) is 40.4 Å². The van der Waals surface area contributed by atoms with Crippen molar-refractivity contribution in [2.75, 3.05) is 0 Å². The molecule has 0 aliphatic rings. The van der Waals surface area contributed by atoms with Gasteiger partial charge in [-0.05, 0) is 95.7 Å². The first-order valence-electron chi connectivity index (χ1n) is 20.2. The lowest BCUT2D eigenvalue weighted by atomic mass is 9.84. The Morgan fingerprint density at radius 2 is 1.00 bits per heavy atom. The number of rotatable bonds is 4. The van der Waals surface area contributed by atoms with Crippen molar-refractivity contribution in [1.29, 1.82) is 0 Å². The Kier molecular flexibility index (Phi) is 4.69. The van der Waals surface area contributed by atoms with Crippen LogP contribution in [-0.4, -0.2) is 0 Å². The van der Waals surface area contributed by atoms with Crippen molar-refractivity contribution in [3.05, 3.63) is 182 Å². The first-order valence-corrected chi connectivity index (χ1v) is 16.2. The molecule has 0 spiro atoms. The molecule has 9 aromatic carbocycles. The molecule has 1 aromatic heterocycles. The highest BCUT2D eigenvalue weighted by molar-refractivity contribution is 6.22. The summed E-state index contributed by atoms with van der Waals surface area (Å²) in [6, 6.07) is 40.1. The molecular formula is C48H30O. The monoisotopic (exact) mass is 630 g/mol. The molecule has 0 bridgehead atoms. The van der Waals surface area contributed by atoms with Gasteiger partial charge in [-0.1, -0.05) is 158 Å². The molecule has 1 heteroatoms. The molecular weight excluding hydrogens is 593 g/mol. The molecule has 10 aromatic rings. The van der Waals surface area contributed by atoms with E-state index in [9.17, 15) is 4.11 Å². The van der Waals surface area contributed by atoms with Crippen LogP contribution in [0.15, 0.2) is 186 Å². The Bertz CT molecular complexity index is 3250. The van der Waals surface area contributed by atoms with Gasteiger partial charge in [-0.3, -0.25) is 0 Å². The molecule has 49 heavy (non-hydrogen) atoms. The third-order valence-electron chi connectivity index (χ3n) is 9.46. The molecule has 228 valence electrons. The van der Waals surface area contributed by atoms with Gasteiger partial charge >= 0.3 is 0 Å². The lowest BCUT2D eigenvalue weighted by Gasteiger charge is -2.19. The first-order chi connectivity index (χ1) is 27.7. The van der Waals surface area contributed by atoms with E-state index in [0.29, 0.717) is 11.1 Å². The van der Waals surface area contributed by atoms with Crippen LogP contribution in [0.1, 0.15) is 11.0 Å². The van der Waals surface area contributed by atoms with E-state index in [1.807, 2.05) is 66.7 Å². The van der Waals surface area contributed by atoms with Gasteiger partial charge < -0.3 is 4.42 Å². The minimum Gasteiger partial charge on any atom is -0.455 e. The molecule has 0 fully saturated rings. The van der Waals surface area contributed by atoms with Crippen molar-refractivity contribution in [3.63, 3.8) is 0 Å². The summed E-state index contributed by atoms with van der Waals surface area (Å²) in [6.45, 7) is 0. The average Bonchev–Trinajstić information content (AvgIpc) is 3.62. The molecule has 0 amide bonds. The quantitative estimate of drug-likeness (QED) is 0.176. The number of hydrogen-bond acceptors (Lipinski definition) is 1. The van der Waals surface area contributed by atoms with Crippen molar-refractivity contribution in [2.24, 2.45) is 0 Å². The van der Waals surface area contributed by atoms with E-state index in [2.05, 4.69) is 42.5 Å². The van der Waals surface area contributed by atoms with Crippen molar-refractivity contribution in [1.82, 2.24) is 0 Å². The maximum absolute atomic E-state index is 9.94. The second-order valence-corrected chi connectivity index (χ2v) is 12.2. The highest BCUT2D eigenvalue weighted by atomic mass is 16.3. The maximum atomic E-state index is 9.94. The number of hydrogen-bond donors (Lipinski definition) is 0. The fourth-order valence-corrected chi connectivity index (χ4v) is 7.28. The molecule has 0 atom stereocenters. The predicted octanol–water partition coefficient (Wildman–Crippen LogP) is 13.7. The highest BCUT2D eigenvalue weighted by Crippen LogP contribution is 2.46. The Hall–Kier alpha value is -6.44. The highest BCUT2D eigenvalue weighted by Gasteiger charge is 2.19. The van der Waals surface area contributed by atoms with Gasteiger partial charge in [-0.15, -0.1) is 0 Å². The number of benzene rings is 9. The summed E-state index contributed by atoms with van der Waals surface area (Å²) in [5, 5.41) is 7.52. The van der Waals surface area contributed by atoms with Gasteiger partial charge in [0, 0.05) is 16.2 Å². The summed E-state index contributed by atoms with van der Waals surface area (Å²) >= 11 is 0. The Balaban J connectivity index is 1.29. The summed E-state index contributed by atoms with van der Waals surface area (Å²) in [5.74, 6) is 0. The largest absolute Gasteiger partial charge is 0.455 e. The van der Waals surface area contributed by atoms with Crippen LogP contribution in [0.3, 0.4) is 0 Å². The van der Waals surface area contributed by atoms with Crippen LogP contribution in [0.2, 0.25) is 0 Å². The van der Waals surface area contributed by atoms with Crippen LogP contribution < -0.4 is 0 Å². The fourth-order valence-electron chi connectivity index (χ4n) is 7.28. The second kappa shape index (κ2) is 11.1. The zero-order chi connectivity index (χ0) is 39.3. The topological polar surface area (TPSA) is 13.1 Å². The average molecular weight is 631 g/mol. The lowest BCUT2D eigenvalue weighted by Crippen LogP contribution is -1.92. The van der Waals surface area contributed by atoms with Gasteiger partial charge in [-0.2, -0.15) is 0 Å². The molecule has 0 aliphatic carbocycles. The van der Waals surface area contributed by atoms with E-state index in [1.54, 1.807) is 24.3 Å². The molecule has 0 unspecified atom stereocenters. The molecule has 0 saturated carbocycles. The lowest BCUT2D eigenvalue weighted by molar-refractivity contribution is 0.673. The van der Waals surface area contributed by atoms with Gasteiger partial charge in [0.15, 0.2) is 0 Å². The summed E-state index contributed by atoms with van der Waals surface area (Å²) in [5.41, 5.74) is 4.79. The van der Waals surface area contributed by atoms with Crippen LogP contribution in [0.4, 0.5) is 0 Å². The van der Waals surface area contributed by atoms with Crippen molar-refractivity contribution >= 4 is 54.3 Å². The Labute approximate surface area is 295 Å². The standard InChI is InChI=1S/C48H30O/c1-3-13-31(14-4-1)36-26-24-34(29-44(36)32-15-5-2-6-16-32)46-39-19-9-11-21-41(39)47(42-22-12-10-20-40(42)46)35-25-27-38-43-28-23-33-17-7-8-18-37(33)48(43)49-45(38)30-35/h1-30H/i1D,3D,4D,13D,14D,24D,26D,29D. The van der Waals surface area contributed by atoms with E-state index in [1.165, 1.54) is 0 Å². The third-order valence-corrected chi connectivity index (χ3v) is 9.46. The SMILES string of the molecule is [2H]c1c([2H])c([2H])c(-c2c([2H])c([2H])c(-c3c4ccccc4c(-c4ccc5c(c4)oc4c6ccccc6ccc54)c4ccccc34)c([2H])c2-c2ccccc2)c([2H])c1[2H]. The molecule has 0 N–H and O–H groups in total. The van der Waals surface area contributed by atoms with E-state index < -0.39 is 30.2 Å². The maximum Gasteiger partial charge on any atom is 0.143 e. The summed E-state index contributed by atoms with van der Waals surface area (Å²) in [7, 11) is 0. The van der Waals surface area contributed by atoms with Crippen LogP contribution >= 0.6 is 0 Å². The number of furan rings is 1. The van der Waals surface area contributed by atoms with Crippen LogP contribution in [0.5, 0.6) is 0 Å². The third kappa shape index (κ3) is 4.40. The minimum atomic E-state index is -0.554. The fraction of sp³-hybridized carbons (Fsp3) is 0. The molecule has 0 saturated heterocycles. The van der Waals surface area contributed by atoms with E-state index in [0.717, 1.165) is 65.4 Å². The zero-order valence-electron chi connectivity index (χ0n) is 34.1. The van der Waals surface area contributed by atoms with Gasteiger partial charge in [0.2, 0.25) is 0 Å². The predicted molar refractivity (Wildman–Crippen MR) is 208 cm³/mol. The van der Waals surface area contributed by atoms with Gasteiger partial charge in [0.1, 0.15) is 11.2 Å². The van der Waals surface area contributed by atoms with Crippen molar-refractivity contribution in [3.8, 4) is 44.5 Å². The Morgan fingerprint density at radius 3 is 1.71 bits per heavy atom. The molecule has 0 aliphatic heterocycles. The smallest absolute Gasteiger partial charge is 0.143 e. The first kappa shape index (κ1) is 20.7. The zero-order valence-corrected chi connectivity index (χ0v) is 26.1. The van der Waals surface area contributed by atoms with Gasteiger partial charge in [-0.25, -0.2) is 0 Å². The molecule has 1 nitrogen and oxygen atoms in total. The minimum absolute atomic E-state index is 0.0471. The van der Waals surface area contributed by atoms with Gasteiger partial charge in [0.05, 0.1) is 11.0 Å². The number of fused-ring (bicyclic) bond motifs is 7. The Morgan fingerprint density at radius 1 is 0.388 bits per heavy atom. The van der Waals surface area contributed by atoms with Crippen LogP contribution in [0.25, 0.3) is 98.8 Å². The molecule has 1 heterocycles. The summed E-state index contributed by atoms with van der Waals surface area (Å²) in [6.07, 6.45) is 0. The van der Waals surface area contributed by atoms with E-state index in [4.69, 9.17) is 11.3 Å². The van der Waals surface area contributed by atoms with Crippen LogP contribution in [0, 0.1) is 0 Å². The summed E-state index contributed by atoms with van der Waals surface area (Å²) in [4.78, 5) is 0. The van der Waals surface area contributed by atoms with Gasteiger partial charge in [0.25, 0.3) is 0 Å².